The maximum Gasteiger partial charge on any atom is 0.175 e. The summed E-state index contributed by atoms with van der Waals surface area (Å²) in [6, 6.07) is 5.29. The van der Waals surface area contributed by atoms with E-state index in [-0.39, 0.29) is 0 Å². The number of aliphatic hydroxyl groups excluding tert-OH is 1. The van der Waals surface area contributed by atoms with Crippen molar-refractivity contribution in [3.8, 4) is 0 Å². The van der Waals surface area contributed by atoms with Gasteiger partial charge in [0.15, 0.2) is 4.67 Å². The standard InChI is InChI=1S/C9H6BrClO2S/c10-9-5(3-4-13-9)8(12)6-1-2-7(11)14-6/h1-4,8,12H. The Balaban J connectivity index is 2.33. The van der Waals surface area contributed by atoms with Gasteiger partial charge in [0.05, 0.1) is 10.6 Å². The summed E-state index contributed by atoms with van der Waals surface area (Å²) >= 11 is 10.3. The molecule has 2 heterocycles. The third-order valence-electron chi connectivity index (χ3n) is 1.80. The van der Waals surface area contributed by atoms with E-state index in [1.54, 1.807) is 18.2 Å². The minimum Gasteiger partial charge on any atom is -0.457 e. The smallest absolute Gasteiger partial charge is 0.175 e. The van der Waals surface area contributed by atoms with Crippen molar-refractivity contribution in [1.29, 1.82) is 0 Å². The van der Waals surface area contributed by atoms with E-state index >= 15 is 0 Å². The van der Waals surface area contributed by atoms with E-state index in [2.05, 4.69) is 15.9 Å². The zero-order chi connectivity index (χ0) is 10.1. The molecule has 0 fully saturated rings. The van der Waals surface area contributed by atoms with Gasteiger partial charge in [0.1, 0.15) is 6.10 Å². The molecule has 0 aliphatic rings. The van der Waals surface area contributed by atoms with Crippen molar-refractivity contribution in [1.82, 2.24) is 0 Å². The zero-order valence-corrected chi connectivity index (χ0v) is 10.1. The van der Waals surface area contributed by atoms with Crippen LogP contribution in [0, 0.1) is 0 Å². The first-order valence-corrected chi connectivity index (χ1v) is 5.83. The highest BCUT2D eigenvalue weighted by atomic mass is 79.9. The normalized spacial score (nSPS) is 13.1. The van der Waals surface area contributed by atoms with Gasteiger partial charge in [0.25, 0.3) is 0 Å². The van der Waals surface area contributed by atoms with Crippen LogP contribution in [0.2, 0.25) is 4.34 Å². The van der Waals surface area contributed by atoms with Crippen LogP contribution in [0.25, 0.3) is 0 Å². The van der Waals surface area contributed by atoms with E-state index in [0.717, 1.165) is 4.88 Å². The van der Waals surface area contributed by atoms with E-state index in [1.165, 1.54) is 17.6 Å². The van der Waals surface area contributed by atoms with Crippen LogP contribution in [-0.2, 0) is 0 Å². The molecule has 0 saturated heterocycles. The molecule has 0 aromatic carbocycles. The molecule has 1 atom stereocenters. The van der Waals surface area contributed by atoms with E-state index in [4.69, 9.17) is 16.0 Å². The fraction of sp³-hybridized carbons (Fsp3) is 0.111. The summed E-state index contributed by atoms with van der Waals surface area (Å²) in [4.78, 5) is 0.803. The lowest BCUT2D eigenvalue weighted by Crippen LogP contribution is -1.95. The molecule has 0 saturated carbocycles. The summed E-state index contributed by atoms with van der Waals surface area (Å²) in [5.74, 6) is 0. The Morgan fingerprint density at radius 1 is 1.43 bits per heavy atom. The molecular formula is C9H6BrClO2S. The van der Waals surface area contributed by atoms with Gasteiger partial charge in [-0.25, -0.2) is 0 Å². The van der Waals surface area contributed by atoms with E-state index in [0.29, 0.717) is 14.6 Å². The number of thiophene rings is 1. The van der Waals surface area contributed by atoms with Crippen molar-refractivity contribution >= 4 is 38.9 Å². The molecule has 2 rings (SSSR count). The minimum absolute atomic E-state index is 0.550. The topological polar surface area (TPSA) is 33.4 Å². The van der Waals surface area contributed by atoms with Gasteiger partial charge in [-0.2, -0.15) is 0 Å². The monoisotopic (exact) mass is 292 g/mol. The lowest BCUT2D eigenvalue weighted by Gasteiger charge is -2.05. The molecule has 0 spiro atoms. The van der Waals surface area contributed by atoms with Crippen LogP contribution in [0.5, 0.6) is 0 Å². The Kier molecular flexibility index (Phi) is 2.97. The van der Waals surface area contributed by atoms with E-state index < -0.39 is 6.10 Å². The van der Waals surface area contributed by atoms with Crippen LogP contribution in [-0.4, -0.2) is 5.11 Å². The van der Waals surface area contributed by atoms with Gasteiger partial charge in [-0.3, -0.25) is 0 Å². The van der Waals surface area contributed by atoms with E-state index in [1.807, 2.05) is 0 Å². The third kappa shape index (κ3) is 1.88. The lowest BCUT2D eigenvalue weighted by molar-refractivity contribution is 0.222. The van der Waals surface area contributed by atoms with Gasteiger partial charge in [0.2, 0.25) is 0 Å². The van der Waals surface area contributed by atoms with Crippen LogP contribution in [0.4, 0.5) is 0 Å². The average molecular weight is 294 g/mol. The number of halogens is 2. The second kappa shape index (κ2) is 4.06. The molecule has 74 valence electrons. The van der Waals surface area contributed by atoms with Gasteiger partial charge in [-0.05, 0) is 34.1 Å². The van der Waals surface area contributed by atoms with Gasteiger partial charge >= 0.3 is 0 Å². The largest absolute Gasteiger partial charge is 0.457 e. The second-order valence-corrected chi connectivity index (χ2v) is 5.16. The molecule has 2 aromatic rings. The van der Waals surface area contributed by atoms with Gasteiger partial charge < -0.3 is 9.52 Å². The van der Waals surface area contributed by atoms with Gasteiger partial charge in [-0.15, -0.1) is 11.3 Å². The highest BCUT2D eigenvalue weighted by Gasteiger charge is 2.17. The predicted octanol–water partition coefficient (Wildman–Crippen LogP) is 3.84. The minimum atomic E-state index is -0.680. The van der Waals surface area contributed by atoms with Crippen LogP contribution < -0.4 is 0 Å². The first-order chi connectivity index (χ1) is 6.68. The summed E-state index contributed by atoms with van der Waals surface area (Å²) in [7, 11) is 0. The van der Waals surface area contributed by atoms with Crippen molar-refractivity contribution in [2.75, 3.05) is 0 Å². The molecule has 0 aliphatic heterocycles. The van der Waals surface area contributed by atoms with Gasteiger partial charge in [0, 0.05) is 10.4 Å². The molecule has 1 unspecified atom stereocenters. The maximum atomic E-state index is 9.94. The van der Waals surface area contributed by atoms with Crippen molar-refractivity contribution in [3.05, 3.63) is 43.9 Å². The molecule has 0 aliphatic carbocycles. The van der Waals surface area contributed by atoms with Crippen LogP contribution in [0.1, 0.15) is 16.5 Å². The van der Waals surface area contributed by atoms with Crippen molar-refractivity contribution < 1.29 is 9.52 Å². The van der Waals surface area contributed by atoms with Gasteiger partial charge in [-0.1, -0.05) is 11.6 Å². The maximum absolute atomic E-state index is 9.94. The molecule has 1 N–H and O–H groups in total. The SMILES string of the molecule is OC(c1ccc(Cl)s1)c1ccoc1Br. The predicted molar refractivity (Wildman–Crippen MR) is 59.8 cm³/mol. The molecule has 0 bridgehead atoms. The number of rotatable bonds is 2. The fourth-order valence-corrected chi connectivity index (χ4v) is 2.65. The van der Waals surface area contributed by atoms with Crippen LogP contribution in [0.3, 0.4) is 0 Å². The second-order valence-electron chi connectivity index (χ2n) is 2.69. The number of furan rings is 1. The van der Waals surface area contributed by atoms with Crippen LogP contribution >= 0.6 is 38.9 Å². The number of hydrogen-bond donors (Lipinski definition) is 1. The molecular weight excluding hydrogens is 288 g/mol. The molecule has 0 amide bonds. The first kappa shape index (κ1) is 10.2. The highest BCUT2D eigenvalue weighted by Crippen LogP contribution is 2.34. The van der Waals surface area contributed by atoms with Crippen molar-refractivity contribution in [3.63, 3.8) is 0 Å². The number of hydrogen-bond acceptors (Lipinski definition) is 3. The Hall–Kier alpha value is -0.290. The summed E-state index contributed by atoms with van der Waals surface area (Å²) in [5, 5.41) is 9.94. The number of aliphatic hydroxyl groups is 1. The Bertz CT molecular complexity index is 437. The summed E-state index contributed by atoms with van der Waals surface area (Å²) < 4.78 is 6.26. The molecule has 2 nitrogen and oxygen atoms in total. The van der Waals surface area contributed by atoms with Crippen LogP contribution in [0.15, 0.2) is 33.5 Å². The van der Waals surface area contributed by atoms with Crippen molar-refractivity contribution in [2.45, 2.75) is 6.10 Å². The Morgan fingerprint density at radius 3 is 2.71 bits per heavy atom. The zero-order valence-electron chi connectivity index (χ0n) is 6.91. The summed E-state index contributed by atoms with van der Waals surface area (Å²) in [6.07, 6.45) is 0.846. The lowest BCUT2D eigenvalue weighted by atomic mass is 10.2. The highest BCUT2D eigenvalue weighted by molar-refractivity contribution is 9.10. The Morgan fingerprint density at radius 2 is 2.21 bits per heavy atom. The Labute approximate surface area is 98.3 Å². The first-order valence-electron chi connectivity index (χ1n) is 3.84. The molecule has 14 heavy (non-hydrogen) atoms. The molecule has 2 aromatic heterocycles. The summed E-state index contributed by atoms with van der Waals surface area (Å²) in [6.45, 7) is 0. The average Bonchev–Trinajstić information content (AvgIpc) is 2.73. The summed E-state index contributed by atoms with van der Waals surface area (Å²) in [5.41, 5.74) is 0.712. The molecule has 0 radical (unpaired) electrons. The molecule has 5 heteroatoms. The quantitative estimate of drug-likeness (QED) is 0.912. The van der Waals surface area contributed by atoms with E-state index in [9.17, 15) is 5.11 Å². The van der Waals surface area contributed by atoms with Crippen molar-refractivity contribution in [2.24, 2.45) is 0 Å². The third-order valence-corrected chi connectivity index (χ3v) is 3.73. The fourth-order valence-electron chi connectivity index (χ4n) is 1.13.